The minimum atomic E-state index is -0.704. The molecule has 1 aromatic carbocycles. The Morgan fingerprint density at radius 2 is 2.05 bits per heavy atom. The molecule has 0 N–H and O–H groups in total. The molecule has 1 heterocycles. The number of carbonyl (C=O) groups is 1. The molecule has 7 heteroatoms. The Balaban J connectivity index is 2.07. The molecule has 0 aliphatic carbocycles. The highest BCUT2D eigenvalue weighted by Gasteiger charge is 2.11. The topological polar surface area (TPSA) is 51.5 Å². The summed E-state index contributed by atoms with van der Waals surface area (Å²) >= 11 is 17.5. The molecular weight excluding hydrogens is 323 g/mol. The number of pyridine rings is 1. The third-order valence-corrected chi connectivity index (χ3v) is 3.13. The van der Waals surface area contributed by atoms with Crippen molar-refractivity contribution in [3.63, 3.8) is 0 Å². The van der Waals surface area contributed by atoms with Crippen LogP contribution in [0.5, 0.6) is 0 Å². The Bertz CT molecular complexity index is 674. The van der Waals surface area contributed by atoms with Crippen molar-refractivity contribution in [3.8, 4) is 0 Å². The van der Waals surface area contributed by atoms with E-state index in [2.05, 4.69) is 10.1 Å². The highest BCUT2D eigenvalue weighted by molar-refractivity contribution is 6.36. The van der Waals surface area contributed by atoms with Crippen molar-refractivity contribution in [3.05, 3.63) is 62.9 Å². The number of nitrogens with zero attached hydrogens (tertiary/aromatic N) is 2. The first-order valence-electron chi connectivity index (χ1n) is 5.38. The number of oxime groups is 1. The largest absolute Gasteiger partial charge is 0.368 e. The number of aromatic nitrogens is 1. The summed E-state index contributed by atoms with van der Waals surface area (Å²) in [4.78, 5) is 20.2. The van der Waals surface area contributed by atoms with Crippen LogP contribution >= 0.6 is 34.8 Å². The molecule has 0 atom stereocenters. The molecule has 20 heavy (non-hydrogen) atoms. The fourth-order valence-corrected chi connectivity index (χ4v) is 1.98. The molecule has 0 radical (unpaired) electrons. The average molecular weight is 330 g/mol. The fraction of sp³-hybridized carbons (Fsp3) is 0. The van der Waals surface area contributed by atoms with E-state index in [-0.39, 0.29) is 10.7 Å². The molecule has 4 nitrogen and oxygen atoms in total. The molecule has 102 valence electrons. The van der Waals surface area contributed by atoms with Crippen LogP contribution < -0.4 is 0 Å². The monoisotopic (exact) mass is 328 g/mol. The Morgan fingerprint density at radius 3 is 2.75 bits per heavy atom. The van der Waals surface area contributed by atoms with Gasteiger partial charge >= 0.3 is 5.97 Å². The lowest BCUT2D eigenvalue weighted by Gasteiger charge is -2.00. The van der Waals surface area contributed by atoms with Crippen LogP contribution in [0.15, 0.2) is 41.7 Å². The maximum Gasteiger partial charge on any atom is 0.368 e. The molecule has 0 aliphatic rings. The summed E-state index contributed by atoms with van der Waals surface area (Å²) in [5.74, 6) is -0.704. The SMILES string of the molecule is O=C(O/N=C\c1ccc(Cl)cc1Cl)c1cccnc1Cl. The molecule has 0 spiro atoms. The predicted molar refractivity (Wildman–Crippen MR) is 78.7 cm³/mol. The Labute approximate surface area is 129 Å². The average Bonchev–Trinajstić information content (AvgIpc) is 2.41. The first kappa shape index (κ1) is 14.8. The van der Waals surface area contributed by atoms with Crippen LogP contribution in [-0.2, 0) is 4.84 Å². The Morgan fingerprint density at radius 1 is 1.25 bits per heavy atom. The van der Waals surface area contributed by atoms with Gasteiger partial charge in [0.2, 0.25) is 0 Å². The lowest BCUT2D eigenvalue weighted by atomic mass is 10.2. The van der Waals surface area contributed by atoms with Gasteiger partial charge in [-0.3, -0.25) is 0 Å². The maximum atomic E-state index is 11.7. The van der Waals surface area contributed by atoms with Crippen molar-refractivity contribution in [2.75, 3.05) is 0 Å². The van der Waals surface area contributed by atoms with Crippen LogP contribution in [0.3, 0.4) is 0 Å². The molecule has 0 saturated carbocycles. The molecule has 2 rings (SSSR count). The van der Waals surface area contributed by atoms with Gasteiger partial charge in [0.25, 0.3) is 0 Å². The van der Waals surface area contributed by atoms with Gasteiger partial charge in [0, 0.05) is 16.8 Å². The van der Waals surface area contributed by atoms with Gasteiger partial charge in [0.05, 0.1) is 16.8 Å². The van der Waals surface area contributed by atoms with Crippen molar-refractivity contribution < 1.29 is 9.63 Å². The lowest BCUT2D eigenvalue weighted by molar-refractivity contribution is 0.0519. The molecule has 2 aromatic rings. The third-order valence-electron chi connectivity index (χ3n) is 2.27. The number of rotatable bonds is 3. The van der Waals surface area contributed by atoms with Gasteiger partial charge in [0.1, 0.15) is 5.15 Å². The van der Waals surface area contributed by atoms with E-state index in [0.717, 1.165) is 0 Å². The van der Waals surface area contributed by atoms with Crippen molar-refractivity contribution in [1.82, 2.24) is 4.98 Å². The van der Waals surface area contributed by atoms with Gasteiger partial charge < -0.3 is 4.84 Å². The van der Waals surface area contributed by atoms with E-state index in [1.54, 1.807) is 24.3 Å². The summed E-state index contributed by atoms with van der Waals surface area (Å²) < 4.78 is 0. The van der Waals surface area contributed by atoms with Crippen molar-refractivity contribution in [2.24, 2.45) is 5.16 Å². The van der Waals surface area contributed by atoms with Gasteiger partial charge in [-0.25, -0.2) is 9.78 Å². The molecular formula is C13H7Cl3N2O2. The van der Waals surface area contributed by atoms with Crippen molar-refractivity contribution in [1.29, 1.82) is 0 Å². The van der Waals surface area contributed by atoms with Gasteiger partial charge in [-0.2, -0.15) is 0 Å². The van der Waals surface area contributed by atoms with Gasteiger partial charge in [-0.1, -0.05) is 46.0 Å². The zero-order valence-corrected chi connectivity index (χ0v) is 12.2. The molecule has 0 fully saturated rings. The first-order valence-corrected chi connectivity index (χ1v) is 6.51. The van der Waals surface area contributed by atoms with E-state index in [4.69, 9.17) is 39.6 Å². The van der Waals surface area contributed by atoms with E-state index in [9.17, 15) is 4.79 Å². The van der Waals surface area contributed by atoms with E-state index in [0.29, 0.717) is 15.6 Å². The third kappa shape index (κ3) is 3.70. The molecule has 0 amide bonds. The van der Waals surface area contributed by atoms with Crippen LogP contribution in [0, 0.1) is 0 Å². The summed E-state index contributed by atoms with van der Waals surface area (Å²) in [5, 5.41) is 4.52. The molecule has 1 aromatic heterocycles. The second kappa shape index (κ2) is 6.70. The molecule has 0 unspecified atom stereocenters. The maximum absolute atomic E-state index is 11.7. The van der Waals surface area contributed by atoms with Crippen LogP contribution in [0.4, 0.5) is 0 Å². The number of benzene rings is 1. The predicted octanol–water partition coefficient (Wildman–Crippen LogP) is 4.23. The van der Waals surface area contributed by atoms with Crippen LogP contribution in [0.2, 0.25) is 15.2 Å². The van der Waals surface area contributed by atoms with Crippen molar-refractivity contribution in [2.45, 2.75) is 0 Å². The molecule has 0 aliphatic heterocycles. The van der Waals surface area contributed by atoms with Gasteiger partial charge in [-0.15, -0.1) is 0 Å². The fourth-order valence-electron chi connectivity index (χ4n) is 1.32. The highest BCUT2D eigenvalue weighted by atomic mass is 35.5. The summed E-state index contributed by atoms with van der Waals surface area (Å²) in [6.07, 6.45) is 2.77. The number of hydrogen-bond donors (Lipinski definition) is 0. The van der Waals surface area contributed by atoms with Crippen LogP contribution in [0.1, 0.15) is 15.9 Å². The summed E-state index contributed by atoms with van der Waals surface area (Å²) in [5.41, 5.74) is 0.703. The second-order valence-corrected chi connectivity index (χ2v) is 4.82. The smallest absolute Gasteiger partial charge is 0.313 e. The Hall–Kier alpha value is -1.62. The minimum Gasteiger partial charge on any atom is -0.313 e. The van der Waals surface area contributed by atoms with Gasteiger partial charge in [-0.05, 0) is 24.3 Å². The molecule has 0 saturated heterocycles. The second-order valence-electron chi connectivity index (χ2n) is 3.62. The zero-order chi connectivity index (χ0) is 14.5. The van der Waals surface area contributed by atoms with Crippen LogP contribution in [0.25, 0.3) is 0 Å². The normalized spacial score (nSPS) is 10.8. The number of carbonyl (C=O) groups excluding carboxylic acids is 1. The highest BCUT2D eigenvalue weighted by Crippen LogP contribution is 2.19. The van der Waals surface area contributed by atoms with Gasteiger partial charge in [0.15, 0.2) is 0 Å². The summed E-state index contributed by atoms with van der Waals surface area (Å²) in [7, 11) is 0. The number of halogens is 3. The first-order chi connectivity index (χ1) is 9.58. The molecule has 0 bridgehead atoms. The quantitative estimate of drug-likeness (QED) is 0.366. The van der Waals surface area contributed by atoms with E-state index < -0.39 is 5.97 Å². The number of hydrogen-bond acceptors (Lipinski definition) is 4. The van der Waals surface area contributed by atoms with E-state index in [1.807, 2.05) is 0 Å². The van der Waals surface area contributed by atoms with Crippen LogP contribution in [-0.4, -0.2) is 17.2 Å². The Kier molecular flexibility index (Phi) is 4.95. The van der Waals surface area contributed by atoms with Crippen molar-refractivity contribution >= 4 is 47.0 Å². The van der Waals surface area contributed by atoms with E-state index in [1.165, 1.54) is 18.5 Å². The standard InChI is InChI=1S/C13H7Cl3N2O2/c14-9-4-3-8(11(15)6-9)7-18-20-13(19)10-2-1-5-17-12(10)16/h1-7H/b18-7-. The summed E-state index contributed by atoms with van der Waals surface area (Å²) in [6, 6.07) is 7.92. The minimum absolute atomic E-state index is 0.0530. The lowest BCUT2D eigenvalue weighted by Crippen LogP contribution is -2.02. The summed E-state index contributed by atoms with van der Waals surface area (Å²) in [6.45, 7) is 0. The van der Waals surface area contributed by atoms with E-state index >= 15 is 0 Å². The zero-order valence-electron chi connectivity index (χ0n) is 9.89.